The van der Waals surface area contributed by atoms with Crippen molar-refractivity contribution in [2.75, 3.05) is 30.8 Å². The summed E-state index contributed by atoms with van der Waals surface area (Å²) in [7, 11) is 1.74. The molecule has 0 aliphatic carbocycles. The summed E-state index contributed by atoms with van der Waals surface area (Å²) in [6.07, 6.45) is -0.781. The molecule has 0 aliphatic heterocycles. The van der Waals surface area contributed by atoms with Crippen molar-refractivity contribution in [3.63, 3.8) is 0 Å². The van der Waals surface area contributed by atoms with Crippen molar-refractivity contribution < 1.29 is 9.53 Å². The highest BCUT2D eigenvalue weighted by Crippen LogP contribution is 2.08. The van der Waals surface area contributed by atoms with E-state index in [2.05, 4.69) is 25.3 Å². The Bertz CT molecular complexity index is 369. The number of carbonyl (C=O) groups excluding carboxylic acids is 1. The van der Waals surface area contributed by atoms with E-state index in [4.69, 9.17) is 5.73 Å². The third-order valence-corrected chi connectivity index (χ3v) is 1.73. The second-order valence-electron chi connectivity index (χ2n) is 3.06. The van der Waals surface area contributed by atoms with Crippen LogP contribution < -0.4 is 16.4 Å². The average Bonchev–Trinajstić information content (AvgIpc) is 2.23. The van der Waals surface area contributed by atoms with Gasteiger partial charge in [-0.05, 0) is 6.92 Å². The number of aromatic nitrogens is 2. The third-order valence-electron chi connectivity index (χ3n) is 1.73. The standard InChI is InChI=1S/C9H15N5O2/c1-6-5-7(14-9(11-2)13-6)12-3-4-16-8(10)15/h5H,3-4H2,1-2H3,(H2,10,15)(H2,11,12,13,14). The number of ether oxygens (including phenoxy) is 1. The third kappa shape index (κ3) is 3.99. The smallest absolute Gasteiger partial charge is 0.404 e. The van der Waals surface area contributed by atoms with Crippen molar-refractivity contribution in [1.82, 2.24) is 9.97 Å². The first-order valence-corrected chi connectivity index (χ1v) is 4.81. The Morgan fingerprint density at radius 3 is 2.94 bits per heavy atom. The van der Waals surface area contributed by atoms with Gasteiger partial charge in [-0.1, -0.05) is 0 Å². The van der Waals surface area contributed by atoms with Crippen LogP contribution in [0.15, 0.2) is 6.07 Å². The minimum atomic E-state index is -0.781. The summed E-state index contributed by atoms with van der Waals surface area (Å²) in [5.41, 5.74) is 5.66. The highest BCUT2D eigenvalue weighted by molar-refractivity contribution is 5.64. The quantitative estimate of drug-likeness (QED) is 0.624. The predicted molar refractivity (Wildman–Crippen MR) is 60.3 cm³/mol. The lowest BCUT2D eigenvalue weighted by Gasteiger charge is -2.07. The normalized spacial score (nSPS) is 9.62. The molecule has 1 heterocycles. The highest BCUT2D eigenvalue weighted by Gasteiger charge is 2.00. The van der Waals surface area contributed by atoms with Crippen LogP contribution in [-0.2, 0) is 4.74 Å². The van der Waals surface area contributed by atoms with Gasteiger partial charge < -0.3 is 21.1 Å². The molecule has 4 N–H and O–H groups in total. The first-order valence-electron chi connectivity index (χ1n) is 4.81. The molecule has 0 radical (unpaired) electrons. The number of nitrogens with zero attached hydrogens (tertiary/aromatic N) is 2. The number of nitrogens with two attached hydrogens (primary N) is 1. The zero-order valence-electron chi connectivity index (χ0n) is 9.28. The van der Waals surface area contributed by atoms with Crippen LogP contribution in [0.5, 0.6) is 0 Å². The molecule has 0 aromatic carbocycles. The molecule has 16 heavy (non-hydrogen) atoms. The van der Waals surface area contributed by atoms with Gasteiger partial charge in [0.25, 0.3) is 0 Å². The molecular weight excluding hydrogens is 210 g/mol. The number of aryl methyl sites for hydroxylation is 1. The molecule has 0 unspecified atom stereocenters. The summed E-state index contributed by atoms with van der Waals surface area (Å²) in [5, 5.41) is 5.84. The molecule has 0 saturated carbocycles. The molecule has 0 bridgehead atoms. The van der Waals surface area contributed by atoms with Gasteiger partial charge >= 0.3 is 6.09 Å². The van der Waals surface area contributed by atoms with Gasteiger partial charge in [0.15, 0.2) is 0 Å². The largest absolute Gasteiger partial charge is 0.448 e. The van der Waals surface area contributed by atoms with E-state index in [-0.39, 0.29) is 6.61 Å². The van der Waals surface area contributed by atoms with Crippen LogP contribution >= 0.6 is 0 Å². The molecule has 0 spiro atoms. The number of nitrogens with one attached hydrogen (secondary N) is 2. The van der Waals surface area contributed by atoms with Crippen LogP contribution in [-0.4, -0.2) is 36.3 Å². The minimum Gasteiger partial charge on any atom is -0.448 e. The molecule has 0 atom stereocenters. The fourth-order valence-corrected chi connectivity index (χ4v) is 1.10. The van der Waals surface area contributed by atoms with Crippen molar-refractivity contribution in [3.8, 4) is 0 Å². The Kier molecular flexibility index (Phi) is 4.31. The maximum atomic E-state index is 10.3. The molecule has 1 aromatic heterocycles. The highest BCUT2D eigenvalue weighted by atomic mass is 16.5. The Morgan fingerprint density at radius 1 is 1.56 bits per heavy atom. The lowest BCUT2D eigenvalue weighted by molar-refractivity contribution is 0.161. The molecule has 0 aliphatic rings. The van der Waals surface area contributed by atoms with Gasteiger partial charge in [0.2, 0.25) is 5.95 Å². The van der Waals surface area contributed by atoms with E-state index in [1.54, 1.807) is 13.1 Å². The summed E-state index contributed by atoms with van der Waals surface area (Å²) in [6.45, 7) is 2.52. The van der Waals surface area contributed by atoms with Gasteiger partial charge in [-0.2, -0.15) is 4.98 Å². The zero-order chi connectivity index (χ0) is 12.0. The lowest BCUT2D eigenvalue weighted by atomic mass is 10.4. The van der Waals surface area contributed by atoms with Crippen molar-refractivity contribution in [2.45, 2.75) is 6.92 Å². The molecule has 1 aromatic rings. The Hall–Kier alpha value is -2.05. The van der Waals surface area contributed by atoms with E-state index in [1.807, 2.05) is 6.92 Å². The molecular formula is C9H15N5O2. The number of carbonyl (C=O) groups is 1. The van der Waals surface area contributed by atoms with Crippen LogP contribution in [0.25, 0.3) is 0 Å². The van der Waals surface area contributed by atoms with Gasteiger partial charge in [0.05, 0.1) is 6.54 Å². The zero-order valence-corrected chi connectivity index (χ0v) is 9.28. The fourth-order valence-electron chi connectivity index (χ4n) is 1.10. The van der Waals surface area contributed by atoms with Gasteiger partial charge in [0, 0.05) is 18.8 Å². The summed E-state index contributed by atoms with van der Waals surface area (Å²) < 4.78 is 4.57. The number of amides is 1. The monoisotopic (exact) mass is 225 g/mol. The predicted octanol–water partition coefficient (Wildman–Crippen LogP) is 0.334. The molecule has 7 nitrogen and oxygen atoms in total. The Morgan fingerprint density at radius 2 is 2.31 bits per heavy atom. The van der Waals surface area contributed by atoms with Crippen molar-refractivity contribution in [2.24, 2.45) is 5.73 Å². The van der Waals surface area contributed by atoms with Crippen molar-refractivity contribution in [3.05, 3.63) is 11.8 Å². The van der Waals surface area contributed by atoms with Crippen molar-refractivity contribution >= 4 is 17.9 Å². The van der Waals surface area contributed by atoms with Crippen LogP contribution in [0, 0.1) is 6.92 Å². The summed E-state index contributed by atoms with van der Waals surface area (Å²) in [6, 6.07) is 1.80. The van der Waals surface area contributed by atoms with Crippen LogP contribution in [0.1, 0.15) is 5.69 Å². The van der Waals surface area contributed by atoms with Crippen LogP contribution in [0.4, 0.5) is 16.6 Å². The van der Waals surface area contributed by atoms with E-state index >= 15 is 0 Å². The maximum absolute atomic E-state index is 10.3. The van der Waals surface area contributed by atoms with E-state index in [1.165, 1.54) is 0 Å². The van der Waals surface area contributed by atoms with Gasteiger partial charge in [-0.3, -0.25) is 0 Å². The summed E-state index contributed by atoms with van der Waals surface area (Å²) >= 11 is 0. The second kappa shape index (κ2) is 5.74. The number of rotatable bonds is 5. The molecule has 1 amide bonds. The number of primary amides is 1. The lowest BCUT2D eigenvalue weighted by Crippen LogP contribution is -2.18. The molecule has 0 saturated heterocycles. The van der Waals surface area contributed by atoms with E-state index < -0.39 is 6.09 Å². The number of anilines is 2. The maximum Gasteiger partial charge on any atom is 0.404 e. The van der Waals surface area contributed by atoms with Crippen molar-refractivity contribution in [1.29, 1.82) is 0 Å². The van der Waals surface area contributed by atoms with Gasteiger partial charge in [-0.25, -0.2) is 9.78 Å². The molecule has 0 fully saturated rings. The minimum absolute atomic E-state index is 0.202. The topological polar surface area (TPSA) is 102 Å². The molecule has 7 heteroatoms. The fraction of sp³-hybridized carbons (Fsp3) is 0.444. The van der Waals surface area contributed by atoms with Crippen LogP contribution in [0.2, 0.25) is 0 Å². The molecule has 1 rings (SSSR count). The SMILES string of the molecule is CNc1nc(C)cc(NCCOC(N)=O)n1. The second-order valence-corrected chi connectivity index (χ2v) is 3.06. The summed E-state index contributed by atoms with van der Waals surface area (Å²) in [5.74, 6) is 1.21. The average molecular weight is 225 g/mol. The van der Waals surface area contributed by atoms with E-state index in [0.717, 1.165) is 5.69 Å². The Balaban J connectivity index is 2.47. The number of hydrogen-bond acceptors (Lipinski definition) is 6. The first kappa shape index (κ1) is 12.0. The first-order chi connectivity index (χ1) is 7.61. The van der Waals surface area contributed by atoms with E-state index in [9.17, 15) is 4.79 Å². The van der Waals surface area contributed by atoms with Crippen LogP contribution in [0.3, 0.4) is 0 Å². The van der Waals surface area contributed by atoms with E-state index in [0.29, 0.717) is 18.3 Å². The summed E-state index contributed by atoms with van der Waals surface area (Å²) in [4.78, 5) is 18.6. The van der Waals surface area contributed by atoms with Gasteiger partial charge in [-0.15, -0.1) is 0 Å². The van der Waals surface area contributed by atoms with Gasteiger partial charge in [0.1, 0.15) is 12.4 Å². The Labute approximate surface area is 93.4 Å². The number of hydrogen-bond donors (Lipinski definition) is 3. The molecule has 88 valence electrons.